The Morgan fingerprint density at radius 3 is 2.45 bits per heavy atom. The van der Waals surface area contributed by atoms with E-state index in [1.165, 1.54) is 11.0 Å². The average Bonchev–Trinajstić information content (AvgIpc) is 2.85. The molecule has 1 aromatic carbocycles. The van der Waals surface area contributed by atoms with E-state index in [0.717, 1.165) is 11.1 Å². The summed E-state index contributed by atoms with van der Waals surface area (Å²) in [6, 6.07) is 7.73. The lowest BCUT2D eigenvalue weighted by atomic mass is 10.1. The van der Waals surface area contributed by atoms with Gasteiger partial charge in [-0.15, -0.1) is 0 Å². The third kappa shape index (κ3) is 3.17. The number of carboxylic acid groups (broad SMARTS) is 1. The highest BCUT2D eigenvalue weighted by atomic mass is 16.6. The van der Waals surface area contributed by atoms with Crippen molar-refractivity contribution in [2.75, 3.05) is 13.2 Å². The van der Waals surface area contributed by atoms with Gasteiger partial charge in [0.05, 0.1) is 0 Å². The number of amides is 1. The van der Waals surface area contributed by atoms with Crippen LogP contribution < -0.4 is 0 Å². The Morgan fingerprint density at radius 1 is 1.35 bits per heavy atom. The molecule has 1 amide bonds. The van der Waals surface area contributed by atoms with E-state index in [1.54, 1.807) is 0 Å². The van der Waals surface area contributed by atoms with Gasteiger partial charge in [0.2, 0.25) is 0 Å². The fraction of sp³-hybridized carbons (Fsp3) is 0.333. The molecule has 1 N–H and O–H groups in total. The van der Waals surface area contributed by atoms with Crippen LogP contribution in [0.25, 0.3) is 0 Å². The molecule has 5 heteroatoms. The van der Waals surface area contributed by atoms with Crippen LogP contribution in [0.1, 0.15) is 11.1 Å². The van der Waals surface area contributed by atoms with Crippen molar-refractivity contribution in [3.8, 4) is 0 Å². The number of rotatable bonds is 5. The number of carbonyl (C=O) groups excluding carboxylic acids is 1. The van der Waals surface area contributed by atoms with Crippen LogP contribution in [0.15, 0.2) is 36.9 Å². The minimum Gasteiger partial charge on any atom is -0.480 e. The molecular formula is C15H17NO4. The lowest BCUT2D eigenvalue weighted by Crippen LogP contribution is -2.44. The molecule has 5 nitrogen and oxygen atoms in total. The van der Waals surface area contributed by atoms with Gasteiger partial charge in [-0.05, 0) is 24.0 Å². The van der Waals surface area contributed by atoms with E-state index in [4.69, 9.17) is 9.84 Å². The van der Waals surface area contributed by atoms with E-state index in [0.29, 0.717) is 12.8 Å². The third-order valence-corrected chi connectivity index (χ3v) is 3.34. The normalized spacial score (nSPS) is 13.6. The van der Waals surface area contributed by atoms with Gasteiger partial charge in [0.25, 0.3) is 0 Å². The first-order valence-corrected chi connectivity index (χ1v) is 6.44. The van der Waals surface area contributed by atoms with Crippen molar-refractivity contribution in [2.45, 2.75) is 18.9 Å². The van der Waals surface area contributed by atoms with Crippen molar-refractivity contribution < 1.29 is 19.4 Å². The monoisotopic (exact) mass is 275 g/mol. The van der Waals surface area contributed by atoms with Gasteiger partial charge in [-0.1, -0.05) is 36.9 Å². The fourth-order valence-corrected chi connectivity index (χ4v) is 2.46. The Morgan fingerprint density at radius 2 is 1.95 bits per heavy atom. The van der Waals surface area contributed by atoms with Gasteiger partial charge < -0.3 is 9.84 Å². The summed E-state index contributed by atoms with van der Waals surface area (Å²) in [4.78, 5) is 24.2. The second-order valence-electron chi connectivity index (χ2n) is 4.72. The Hall–Kier alpha value is -2.30. The third-order valence-electron chi connectivity index (χ3n) is 3.34. The van der Waals surface area contributed by atoms with E-state index < -0.39 is 12.1 Å². The first-order valence-electron chi connectivity index (χ1n) is 6.44. The zero-order valence-corrected chi connectivity index (χ0v) is 11.1. The summed E-state index contributed by atoms with van der Waals surface area (Å²) in [5.41, 5.74) is 2.31. The Bertz CT molecular complexity index is 501. The summed E-state index contributed by atoms with van der Waals surface area (Å²) in [6.45, 7) is 3.20. The van der Waals surface area contributed by atoms with Crippen LogP contribution in [0.5, 0.6) is 0 Å². The van der Waals surface area contributed by atoms with Crippen molar-refractivity contribution in [1.82, 2.24) is 4.90 Å². The lowest BCUT2D eigenvalue weighted by molar-refractivity contribution is -0.138. The first kappa shape index (κ1) is 14.1. The van der Waals surface area contributed by atoms with Crippen LogP contribution in [-0.4, -0.2) is 41.3 Å². The summed E-state index contributed by atoms with van der Waals surface area (Å²) in [7, 11) is 0. The molecule has 0 aromatic heterocycles. The zero-order chi connectivity index (χ0) is 14.5. The van der Waals surface area contributed by atoms with Crippen LogP contribution in [0.4, 0.5) is 4.79 Å². The van der Waals surface area contributed by atoms with Gasteiger partial charge >= 0.3 is 12.1 Å². The molecule has 0 atom stereocenters. The molecule has 2 rings (SSSR count). The Labute approximate surface area is 117 Å². The number of ether oxygens (including phenoxy) is 1. The van der Waals surface area contributed by atoms with Gasteiger partial charge in [0, 0.05) is 6.04 Å². The van der Waals surface area contributed by atoms with Crippen molar-refractivity contribution in [3.05, 3.63) is 48.0 Å². The second-order valence-corrected chi connectivity index (χ2v) is 4.72. The van der Waals surface area contributed by atoms with Gasteiger partial charge in [-0.2, -0.15) is 0 Å². The van der Waals surface area contributed by atoms with Gasteiger partial charge in [0.1, 0.15) is 13.2 Å². The van der Waals surface area contributed by atoms with Crippen molar-refractivity contribution in [3.63, 3.8) is 0 Å². The highest BCUT2D eigenvalue weighted by Gasteiger charge is 2.31. The minimum absolute atomic E-state index is 0.0780. The SMILES string of the molecule is C=CCOC(=O)N(CC(=O)O)C1Cc2ccccc2C1. The molecule has 0 heterocycles. The molecular weight excluding hydrogens is 258 g/mol. The van der Waals surface area contributed by atoms with Gasteiger partial charge in [0.15, 0.2) is 0 Å². The number of aliphatic carboxylic acids is 1. The first-order chi connectivity index (χ1) is 9.61. The van der Waals surface area contributed by atoms with Crippen LogP contribution in [0.3, 0.4) is 0 Å². The summed E-state index contributed by atoms with van der Waals surface area (Å²) in [5, 5.41) is 8.97. The average molecular weight is 275 g/mol. The second kappa shape index (κ2) is 6.23. The summed E-state index contributed by atoms with van der Waals surface area (Å²) >= 11 is 0. The largest absolute Gasteiger partial charge is 0.480 e. The Kier molecular flexibility index (Phi) is 4.40. The molecule has 1 aliphatic carbocycles. The molecule has 0 saturated carbocycles. The minimum atomic E-state index is -1.04. The van der Waals surface area contributed by atoms with Gasteiger partial charge in [-0.25, -0.2) is 4.79 Å². The maximum absolute atomic E-state index is 12.0. The van der Waals surface area contributed by atoms with E-state index in [-0.39, 0.29) is 19.2 Å². The molecule has 106 valence electrons. The smallest absolute Gasteiger partial charge is 0.410 e. The summed E-state index contributed by atoms with van der Waals surface area (Å²) in [5.74, 6) is -1.04. The molecule has 1 aromatic rings. The van der Waals surface area contributed by atoms with E-state index >= 15 is 0 Å². The molecule has 0 fully saturated rings. The summed E-state index contributed by atoms with van der Waals surface area (Å²) < 4.78 is 4.97. The van der Waals surface area contributed by atoms with E-state index in [9.17, 15) is 9.59 Å². The van der Waals surface area contributed by atoms with Crippen LogP contribution >= 0.6 is 0 Å². The molecule has 0 unspecified atom stereocenters. The van der Waals surface area contributed by atoms with Crippen molar-refractivity contribution in [1.29, 1.82) is 0 Å². The number of carbonyl (C=O) groups is 2. The highest BCUT2D eigenvalue weighted by Crippen LogP contribution is 2.25. The number of nitrogens with zero attached hydrogens (tertiary/aromatic N) is 1. The number of hydrogen-bond donors (Lipinski definition) is 1. The maximum atomic E-state index is 12.0. The topological polar surface area (TPSA) is 66.8 Å². The lowest BCUT2D eigenvalue weighted by Gasteiger charge is -2.26. The highest BCUT2D eigenvalue weighted by molar-refractivity contribution is 5.77. The van der Waals surface area contributed by atoms with Crippen LogP contribution in [0, 0.1) is 0 Å². The molecule has 0 radical (unpaired) electrons. The number of benzene rings is 1. The Balaban J connectivity index is 2.10. The van der Waals surface area contributed by atoms with Gasteiger partial charge in [-0.3, -0.25) is 9.69 Å². The molecule has 0 spiro atoms. The standard InChI is InChI=1S/C15H17NO4/c1-2-7-20-15(19)16(10-14(17)18)13-8-11-5-3-4-6-12(11)9-13/h2-6,13H,1,7-10H2,(H,17,18). The van der Waals surface area contributed by atoms with E-state index in [1.807, 2.05) is 24.3 Å². The van der Waals surface area contributed by atoms with Crippen LogP contribution in [0.2, 0.25) is 0 Å². The molecule has 20 heavy (non-hydrogen) atoms. The zero-order valence-electron chi connectivity index (χ0n) is 11.1. The predicted molar refractivity (Wildman–Crippen MR) is 73.5 cm³/mol. The predicted octanol–water partition coefficient (Wildman–Crippen LogP) is 1.86. The fourth-order valence-electron chi connectivity index (χ4n) is 2.46. The number of carboxylic acids is 1. The summed E-state index contributed by atoms with van der Waals surface area (Å²) in [6.07, 6.45) is 2.17. The van der Waals surface area contributed by atoms with E-state index in [2.05, 4.69) is 6.58 Å². The molecule has 1 aliphatic rings. The molecule has 0 bridgehead atoms. The van der Waals surface area contributed by atoms with Crippen LogP contribution in [-0.2, 0) is 22.4 Å². The van der Waals surface area contributed by atoms with Crippen molar-refractivity contribution in [2.24, 2.45) is 0 Å². The molecule has 0 saturated heterocycles. The maximum Gasteiger partial charge on any atom is 0.410 e. The molecule has 0 aliphatic heterocycles. The quantitative estimate of drug-likeness (QED) is 0.833. The van der Waals surface area contributed by atoms with Crippen molar-refractivity contribution >= 4 is 12.1 Å². The number of hydrogen-bond acceptors (Lipinski definition) is 3. The number of fused-ring (bicyclic) bond motifs is 1.